The molecule has 0 fully saturated rings. The van der Waals surface area contributed by atoms with Crippen LogP contribution in [0.15, 0.2) is 104 Å². The number of carbonyl (C=O) groups excluding carboxylic acids is 1. The smallest absolute Gasteiger partial charge is 0.379 e. The molecular formula is C26H15BrN4O6. The van der Waals surface area contributed by atoms with Crippen molar-refractivity contribution in [3.63, 3.8) is 0 Å². The molecule has 0 aliphatic carbocycles. The maximum Gasteiger partial charge on any atom is 0.379 e. The molecule has 0 atom stereocenters. The highest BCUT2D eigenvalue weighted by Crippen LogP contribution is 2.25. The van der Waals surface area contributed by atoms with Gasteiger partial charge in [0.1, 0.15) is 5.75 Å². The number of esters is 1. The second-order valence-corrected chi connectivity index (χ2v) is 8.58. The highest BCUT2D eigenvalue weighted by Gasteiger charge is 2.16. The average Bonchev–Trinajstić information content (AvgIpc) is 3.45. The van der Waals surface area contributed by atoms with E-state index < -0.39 is 16.5 Å². The van der Waals surface area contributed by atoms with Gasteiger partial charge in [-0.25, -0.2) is 9.78 Å². The Morgan fingerprint density at radius 3 is 2.59 bits per heavy atom. The van der Waals surface area contributed by atoms with Crippen molar-refractivity contribution in [2.75, 3.05) is 0 Å². The Morgan fingerprint density at radius 1 is 1.08 bits per heavy atom. The number of fused-ring (bicyclic) bond motifs is 1. The van der Waals surface area contributed by atoms with Gasteiger partial charge in [0.15, 0.2) is 5.82 Å². The van der Waals surface area contributed by atoms with Gasteiger partial charge in [-0.05, 0) is 54.6 Å². The second-order valence-electron chi connectivity index (χ2n) is 7.67. The Morgan fingerprint density at radius 2 is 1.86 bits per heavy atom. The number of para-hydroxylation sites is 1. The van der Waals surface area contributed by atoms with Gasteiger partial charge in [0.2, 0.25) is 5.76 Å². The van der Waals surface area contributed by atoms with Crippen molar-refractivity contribution in [3.05, 3.63) is 121 Å². The van der Waals surface area contributed by atoms with E-state index in [0.29, 0.717) is 26.5 Å². The van der Waals surface area contributed by atoms with Crippen molar-refractivity contribution in [1.29, 1.82) is 0 Å². The number of nitro benzene ring substituents is 1. The number of halogens is 1. The molecule has 10 nitrogen and oxygen atoms in total. The summed E-state index contributed by atoms with van der Waals surface area (Å²) in [4.78, 5) is 41.0. The quantitative estimate of drug-likeness (QED) is 0.0892. The highest BCUT2D eigenvalue weighted by atomic mass is 79.9. The van der Waals surface area contributed by atoms with Gasteiger partial charge in [0.25, 0.3) is 11.2 Å². The fourth-order valence-corrected chi connectivity index (χ4v) is 3.91. The Bertz CT molecular complexity index is 1730. The topological polar surface area (TPSA) is 130 Å². The maximum absolute atomic E-state index is 13.4. The van der Waals surface area contributed by atoms with Crippen LogP contribution in [0.3, 0.4) is 0 Å². The number of nitro groups is 1. The molecule has 0 bridgehead atoms. The fourth-order valence-electron chi connectivity index (χ4n) is 3.53. The van der Waals surface area contributed by atoms with Crippen LogP contribution in [0.25, 0.3) is 22.3 Å². The van der Waals surface area contributed by atoms with E-state index in [1.165, 1.54) is 42.8 Å². The molecule has 0 amide bonds. The van der Waals surface area contributed by atoms with Gasteiger partial charge in [-0.15, -0.1) is 0 Å². The largest absolute Gasteiger partial charge is 0.457 e. The molecule has 0 aliphatic rings. The van der Waals surface area contributed by atoms with E-state index in [4.69, 9.17) is 9.15 Å². The SMILES string of the molecule is O=C(Oc1ccc(Br)cc1C=Nn1c(-c2ccc([N+](=O)[O-])cc2)nc2ccccc2c1=O)c1ccco1. The molecule has 0 spiro atoms. The van der Waals surface area contributed by atoms with Crippen molar-refractivity contribution in [3.8, 4) is 17.1 Å². The van der Waals surface area contributed by atoms with Gasteiger partial charge in [-0.2, -0.15) is 9.78 Å². The van der Waals surface area contributed by atoms with Gasteiger partial charge < -0.3 is 9.15 Å². The van der Waals surface area contributed by atoms with Gasteiger partial charge in [0.05, 0.1) is 28.3 Å². The highest BCUT2D eigenvalue weighted by molar-refractivity contribution is 9.10. The Kier molecular flexibility index (Phi) is 6.43. The van der Waals surface area contributed by atoms with Crippen molar-refractivity contribution >= 4 is 44.7 Å². The molecule has 0 N–H and O–H groups in total. The van der Waals surface area contributed by atoms with E-state index >= 15 is 0 Å². The number of aromatic nitrogens is 2. The molecule has 0 saturated carbocycles. The lowest BCUT2D eigenvalue weighted by Crippen LogP contribution is -2.20. The van der Waals surface area contributed by atoms with Gasteiger partial charge in [-0.1, -0.05) is 28.1 Å². The van der Waals surface area contributed by atoms with Crippen LogP contribution in [0.5, 0.6) is 5.75 Å². The predicted molar refractivity (Wildman–Crippen MR) is 139 cm³/mol. The maximum atomic E-state index is 13.4. The number of hydrogen-bond acceptors (Lipinski definition) is 8. The number of furan rings is 1. The predicted octanol–water partition coefficient (Wildman–Crippen LogP) is 5.43. The zero-order valence-corrected chi connectivity index (χ0v) is 20.4. The molecule has 0 radical (unpaired) electrons. The van der Waals surface area contributed by atoms with Crippen LogP contribution < -0.4 is 10.3 Å². The van der Waals surface area contributed by atoms with Gasteiger partial charge in [0, 0.05) is 27.7 Å². The summed E-state index contributed by atoms with van der Waals surface area (Å²) in [6.07, 6.45) is 2.72. The van der Waals surface area contributed by atoms with Crippen LogP contribution >= 0.6 is 15.9 Å². The molecule has 3 aromatic carbocycles. The van der Waals surface area contributed by atoms with Crippen LogP contribution in [0.2, 0.25) is 0 Å². The number of carbonyl (C=O) groups is 1. The summed E-state index contributed by atoms with van der Waals surface area (Å²) in [5.74, 6) is -0.301. The first kappa shape index (κ1) is 23.8. The van der Waals surface area contributed by atoms with Crippen LogP contribution in [0, 0.1) is 10.1 Å². The number of rotatable bonds is 6. The third kappa shape index (κ3) is 4.93. The Hall–Kier alpha value is -4.90. The van der Waals surface area contributed by atoms with Crippen LogP contribution in [0.1, 0.15) is 16.1 Å². The zero-order valence-electron chi connectivity index (χ0n) is 18.8. The van der Waals surface area contributed by atoms with Crippen molar-refractivity contribution in [2.24, 2.45) is 5.10 Å². The third-order valence-corrected chi connectivity index (χ3v) is 5.79. The minimum absolute atomic E-state index is 0.0289. The number of nitrogens with zero attached hydrogens (tertiary/aromatic N) is 4. The molecule has 37 heavy (non-hydrogen) atoms. The van der Waals surface area contributed by atoms with E-state index in [1.807, 2.05) is 0 Å². The minimum Gasteiger partial charge on any atom is -0.457 e. The van der Waals surface area contributed by atoms with Crippen LogP contribution in [-0.2, 0) is 0 Å². The second kappa shape index (κ2) is 9.99. The van der Waals surface area contributed by atoms with Gasteiger partial charge >= 0.3 is 5.97 Å². The Balaban J connectivity index is 1.61. The third-order valence-electron chi connectivity index (χ3n) is 5.30. The van der Waals surface area contributed by atoms with Gasteiger partial charge in [-0.3, -0.25) is 14.9 Å². The summed E-state index contributed by atoms with van der Waals surface area (Å²) in [5.41, 5.74) is 0.745. The lowest BCUT2D eigenvalue weighted by molar-refractivity contribution is -0.384. The molecule has 0 unspecified atom stereocenters. The monoisotopic (exact) mass is 558 g/mol. The molecule has 2 heterocycles. The molecule has 11 heteroatoms. The zero-order chi connectivity index (χ0) is 25.9. The summed E-state index contributed by atoms with van der Waals surface area (Å²) < 4.78 is 12.4. The minimum atomic E-state index is -0.696. The average molecular weight is 559 g/mol. The standard InChI is InChI=1S/C26H15BrN4O6/c27-18-9-12-22(37-26(33)23-6-3-13-36-23)17(14-18)15-28-30-24(16-7-10-19(11-8-16)31(34)35)29-21-5-2-1-4-20(21)25(30)32/h1-15H. The van der Waals surface area contributed by atoms with Crippen molar-refractivity contribution in [2.45, 2.75) is 0 Å². The van der Waals surface area contributed by atoms with Crippen LogP contribution in [0.4, 0.5) is 5.69 Å². The fraction of sp³-hybridized carbons (Fsp3) is 0. The van der Waals surface area contributed by atoms with Crippen molar-refractivity contribution in [1.82, 2.24) is 9.66 Å². The molecule has 0 aliphatic heterocycles. The molecule has 5 aromatic rings. The lowest BCUT2D eigenvalue weighted by atomic mass is 10.1. The molecule has 0 saturated heterocycles. The van der Waals surface area contributed by atoms with E-state index in [1.54, 1.807) is 48.5 Å². The first-order valence-corrected chi connectivity index (χ1v) is 11.6. The number of non-ortho nitro benzene ring substituents is 1. The summed E-state index contributed by atoms with van der Waals surface area (Å²) in [6, 6.07) is 20.4. The number of ether oxygens (including phenoxy) is 1. The van der Waals surface area contributed by atoms with E-state index in [0.717, 1.165) is 4.68 Å². The summed E-state index contributed by atoms with van der Waals surface area (Å²) in [5, 5.41) is 15.8. The molecular weight excluding hydrogens is 544 g/mol. The number of hydrogen-bond donors (Lipinski definition) is 0. The first-order valence-electron chi connectivity index (χ1n) is 10.8. The number of benzene rings is 3. The Labute approximate surface area is 216 Å². The normalized spacial score (nSPS) is 11.2. The molecule has 2 aromatic heterocycles. The summed E-state index contributed by atoms with van der Waals surface area (Å²) in [6.45, 7) is 0. The van der Waals surface area contributed by atoms with E-state index in [9.17, 15) is 19.7 Å². The lowest BCUT2D eigenvalue weighted by Gasteiger charge is -2.10. The summed E-state index contributed by atoms with van der Waals surface area (Å²) >= 11 is 3.39. The molecule has 5 rings (SSSR count). The van der Waals surface area contributed by atoms with E-state index in [2.05, 4.69) is 26.0 Å². The van der Waals surface area contributed by atoms with E-state index in [-0.39, 0.29) is 23.0 Å². The van der Waals surface area contributed by atoms with Crippen LogP contribution in [-0.4, -0.2) is 26.8 Å². The van der Waals surface area contributed by atoms with Crippen molar-refractivity contribution < 1.29 is 18.9 Å². The molecule has 182 valence electrons. The summed E-state index contributed by atoms with van der Waals surface area (Å²) in [7, 11) is 0. The first-order chi connectivity index (χ1) is 17.9.